The predicted octanol–water partition coefficient (Wildman–Crippen LogP) is 4.81. The number of hydrogen-bond donors (Lipinski definition) is 1. The number of H-pyrrole nitrogens is 1. The minimum Gasteiger partial charge on any atom is -0.465 e. The number of rotatable bonds is 5. The van der Waals surface area contributed by atoms with Crippen LogP contribution in [0.1, 0.15) is 18.3 Å². The second kappa shape index (κ2) is 9.29. The van der Waals surface area contributed by atoms with E-state index in [1.165, 1.54) is 12.1 Å². The van der Waals surface area contributed by atoms with Gasteiger partial charge in [0.1, 0.15) is 6.54 Å². The van der Waals surface area contributed by atoms with Gasteiger partial charge in [-0.3, -0.25) is 25.0 Å². The molecule has 4 aromatic rings. The number of nitro benzene ring substituents is 2. The maximum absolute atomic E-state index is 11.5. The molecule has 0 unspecified atom stereocenters. The molecule has 4 rings (SSSR count). The number of aromatic nitrogens is 2. The number of nitrogens with one attached hydrogen (secondary N) is 1. The van der Waals surface area contributed by atoms with Crippen LogP contribution >= 0.6 is 0 Å². The Kier molecular flexibility index (Phi) is 6.53. The van der Waals surface area contributed by atoms with Crippen LogP contribution in [0.2, 0.25) is 0 Å². The standard InChI is InChI=1S/C13H14N2O4.C9H8N2O2/c1-3-19-13(16)8-14-9(2)7-10-11(14)5-4-6-12(10)15(17)18;1-6-5-7-8(10-6)3-2-4-9(7)11(12)13/h4-7H,3,8H2,1-2H3;2-5,10H,1H3. The number of aromatic amines is 1. The Labute approximate surface area is 182 Å². The second-order valence-electron chi connectivity index (χ2n) is 7.09. The van der Waals surface area contributed by atoms with Crippen molar-refractivity contribution in [2.75, 3.05) is 6.61 Å². The van der Waals surface area contributed by atoms with Gasteiger partial charge >= 0.3 is 5.97 Å². The lowest BCUT2D eigenvalue weighted by molar-refractivity contribution is -0.383. The van der Waals surface area contributed by atoms with Gasteiger partial charge in [-0.05, 0) is 45.0 Å². The zero-order valence-corrected chi connectivity index (χ0v) is 17.8. The number of aryl methyl sites for hydroxylation is 2. The van der Waals surface area contributed by atoms with Crippen molar-refractivity contribution in [2.24, 2.45) is 0 Å². The van der Waals surface area contributed by atoms with Crippen LogP contribution in [0.5, 0.6) is 0 Å². The molecule has 0 atom stereocenters. The van der Waals surface area contributed by atoms with Crippen molar-refractivity contribution in [3.05, 3.63) is 80.1 Å². The number of carbonyl (C=O) groups is 1. The van der Waals surface area contributed by atoms with Gasteiger partial charge in [-0.25, -0.2) is 0 Å². The molecule has 0 aliphatic heterocycles. The number of hydrogen-bond acceptors (Lipinski definition) is 6. The van der Waals surface area contributed by atoms with E-state index in [0.29, 0.717) is 22.9 Å². The maximum atomic E-state index is 11.5. The van der Waals surface area contributed by atoms with Gasteiger partial charge in [-0.2, -0.15) is 0 Å². The average molecular weight is 438 g/mol. The molecule has 0 bridgehead atoms. The van der Waals surface area contributed by atoms with Crippen molar-refractivity contribution >= 4 is 39.1 Å². The molecule has 10 nitrogen and oxygen atoms in total. The summed E-state index contributed by atoms with van der Waals surface area (Å²) in [6.07, 6.45) is 0. The molecule has 0 fully saturated rings. The zero-order chi connectivity index (χ0) is 23.4. The van der Waals surface area contributed by atoms with Crippen LogP contribution in [0.4, 0.5) is 11.4 Å². The average Bonchev–Trinajstić information content (AvgIpc) is 3.26. The Bertz CT molecular complexity index is 1320. The summed E-state index contributed by atoms with van der Waals surface area (Å²) >= 11 is 0. The van der Waals surface area contributed by atoms with E-state index in [2.05, 4.69) is 4.98 Å². The third-order valence-electron chi connectivity index (χ3n) is 4.89. The second-order valence-corrected chi connectivity index (χ2v) is 7.09. The topological polar surface area (TPSA) is 133 Å². The summed E-state index contributed by atoms with van der Waals surface area (Å²) in [6.45, 7) is 5.80. The van der Waals surface area contributed by atoms with E-state index in [0.717, 1.165) is 16.9 Å². The van der Waals surface area contributed by atoms with Crippen LogP contribution in [-0.4, -0.2) is 32.0 Å². The monoisotopic (exact) mass is 438 g/mol. The van der Waals surface area contributed by atoms with E-state index in [4.69, 9.17) is 4.74 Å². The van der Waals surface area contributed by atoms with Crippen LogP contribution in [0.25, 0.3) is 21.8 Å². The highest BCUT2D eigenvalue weighted by Crippen LogP contribution is 2.28. The Balaban J connectivity index is 0.000000193. The smallest absolute Gasteiger partial charge is 0.325 e. The molecule has 166 valence electrons. The molecule has 32 heavy (non-hydrogen) atoms. The lowest BCUT2D eigenvalue weighted by Crippen LogP contribution is -2.14. The van der Waals surface area contributed by atoms with Crippen LogP contribution in [0.15, 0.2) is 48.5 Å². The Morgan fingerprint density at radius 3 is 2.25 bits per heavy atom. The van der Waals surface area contributed by atoms with Crippen molar-refractivity contribution in [3.63, 3.8) is 0 Å². The van der Waals surface area contributed by atoms with E-state index >= 15 is 0 Å². The molecule has 0 amide bonds. The lowest BCUT2D eigenvalue weighted by Gasteiger charge is -2.07. The third kappa shape index (κ3) is 4.59. The molecule has 2 aromatic heterocycles. The third-order valence-corrected chi connectivity index (χ3v) is 4.89. The van der Waals surface area contributed by atoms with E-state index in [9.17, 15) is 25.0 Å². The fraction of sp³-hybridized carbons (Fsp3) is 0.227. The summed E-state index contributed by atoms with van der Waals surface area (Å²) in [6, 6.07) is 13.3. The molecule has 0 saturated carbocycles. The first-order chi connectivity index (χ1) is 15.2. The molecular formula is C22H22N4O6. The summed E-state index contributed by atoms with van der Waals surface area (Å²) in [5.74, 6) is -0.352. The highest BCUT2D eigenvalue weighted by Gasteiger charge is 2.17. The van der Waals surface area contributed by atoms with E-state index < -0.39 is 4.92 Å². The highest BCUT2D eigenvalue weighted by molar-refractivity contribution is 5.91. The minimum atomic E-state index is -0.420. The number of ether oxygens (including phenoxy) is 1. The quantitative estimate of drug-likeness (QED) is 0.270. The maximum Gasteiger partial charge on any atom is 0.325 e. The Hall–Kier alpha value is -4.21. The molecule has 0 spiro atoms. The molecule has 0 radical (unpaired) electrons. The zero-order valence-electron chi connectivity index (χ0n) is 17.8. The molecule has 2 aromatic carbocycles. The fourth-order valence-corrected chi connectivity index (χ4v) is 3.54. The molecule has 2 heterocycles. The summed E-state index contributed by atoms with van der Waals surface area (Å²) in [7, 11) is 0. The van der Waals surface area contributed by atoms with Crippen molar-refractivity contribution < 1.29 is 19.4 Å². The summed E-state index contributed by atoms with van der Waals surface area (Å²) in [5, 5.41) is 22.8. The Morgan fingerprint density at radius 2 is 1.62 bits per heavy atom. The number of esters is 1. The van der Waals surface area contributed by atoms with Crippen LogP contribution in [-0.2, 0) is 16.1 Å². The minimum absolute atomic E-state index is 0.0446. The van der Waals surface area contributed by atoms with Gasteiger partial charge < -0.3 is 14.3 Å². The first-order valence-corrected chi connectivity index (χ1v) is 9.84. The van der Waals surface area contributed by atoms with Crippen molar-refractivity contribution in [1.82, 2.24) is 9.55 Å². The number of fused-ring (bicyclic) bond motifs is 2. The van der Waals surface area contributed by atoms with Gasteiger partial charge in [0.25, 0.3) is 11.4 Å². The molecule has 0 aliphatic rings. The van der Waals surface area contributed by atoms with Crippen LogP contribution in [0.3, 0.4) is 0 Å². The predicted molar refractivity (Wildman–Crippen MR) is 120 cm³/mol. The normalized spacial score (nSPS) is 10.6. The van der Waals surface area contributed by atoms with Crippen LogP contribution in [0, 0.1) is 34.1 Å². The first kappa shape index (κ1) is 22.5. The molecule has 10 heteroatoms. The number of carbonyl (C=O) groups excluding carboxylic acids is 1. The number of nitrogens with zero attached hydrogens (tertiary/aromatic N) is 3. The fourth-order valence-electron chi connectivity index (χ4n) is 3.54. The van der Waals surface area contributed by atoms with Crippen molar-refractivity contribution in [2.45, 2.75) is 27.3 Å². The number of nitro groups is 2. The molecule has 0 saturated heterocycles. The summed E-state index contributed by atoms with van der Waals surface area (Å²) < 4.78 is 6.63. The summed E-state index contributed by atoms with van der Waals surface area (Å²) in [5.41, 5.74) is 3.40. The largest absolute Gasteiger partial charge is 0.465 e. The van der Waals surface area contributed by atoms with Gasteiger partial charge in [0.15, 0.2) is 0 Å². The lowest BCUT2D eigenvalue weighted by atomic mass is 10.2. The van der Waals surface area contributed by atoms with Crippen molar-refractivity contribution in [3.8, 4) is 0 Å². The first-order valence-electron chi connectivity index (χ1n) is 9.84. The van der Waals surface area contributed by atoms with Crippen LogP contribution < -0.4 is 0 Å². The molecule has 0 aliphatic carbocycles. The van der Waals surface area contributed by atoms with E-state index in [-0.39, 0.29) is 28.8 Å². The SMILES string of the molecule is CCOC(=O)Cn1c(C)cc2c([N+](=O)[O-])cccc21.Cc1cc2c([N+](=O)[O-])cccc2[nH]1. The highest BCUT2D eigenvalue weighted by atomic mass is 16.6. The van der Waals surface area contributed by atoms with Gasteiger partial charge in [-0.15, -0.1) is 0 Å². The van der Waals surface area contributed by atoms with Gasteiger partial charge in [0.2, 0.25) is 0 Å². The summed E-state index contributed by atoms with van der Waals surface area (Å²) in [4.78, 5) is 35.4. The van der Waals surface area contributed by atoms with Gasteiger partial charge in [-0.1, -0.05) is 12.1 Å². The molecule has 1 N–H and O–H groups in total. The number of non-ortho nitro benzene ring substituents is 2. The van der Waals surface area contributed by atoms with Crippen molar-refractivity contribution in [1.29, 1.82) is 0 Å². The molecular weight excluding hydrogens is 416 g/mol. The number of benzene rings is 2. The van der Waals surface area contributed by atoms with E-state index in [1.807, 2.05) is 19.9 Å². The van der Waals surface area contributed by atoms with Gasteiger partial charge in [0, 0.05) is 23.5 Å². The van der Waals surface area contributed by atoms with E-state index in [1.54, 1.807) is 41.8 Å². The van der Waals surface area contributed by atoms with Gasteiger partial charge in [0.05, 0.1) is 38.3 Å². The Morgan fingerprint density at radius 1 is 1.00 bits per heavy atom.